The van der Waals surface area contributed by atoms with Gasteiger partial charge in [-0.2, -0.15) is 4.39 Å². The Hall–Kier alpha value is -2.37. The molecule has 0 saturated heterocycles. The summed E-state index contributed by atoms with van der Waals surface area (Å²) in [7, 11) is 0. The van der Waals surface area contributed by atoms with E-state index in [2.05, 4.69) is 0 Å². The van der Waals surface area contributed by atoms with E-state index >= 15 is 0 Å². The van der Waals surface area contributed by atoms with Gasteiger partial charge in [0.25, 0.3) is 5.56 Å². The van der Waals surface area contributed by atoms with E-state index in [9.17, 15) is 19.1 Å². The molecule has 106 valence electrons. The second-order valence-corrected chi connectivity index (χ2v) is 5.53. The van der Waals surface area contributed by atoms with Crippen LogP contribution in [0.2, 0.25) is 0 Å². The summed E-state index contributed by atoms with van der Waals surface area (Å²) in [6.45, 7) is 6.10. The Balaban J connectivity index is 2.62. The van der Waals surface area contributed by atoms with E-state index in [0.29, 0.717) is 4.57 Å². The van der Waals surface area contributed by atoms with E-state index < -0.39 is 22.9 Å². The van der Waals surface area contributed by atoms with Crippen LogP contribution in [0, 0.1) is 5.82 Å². The molecule has 0 radical (unpaired) electrons. The Morgan fingerprint density at radius 1 is 1.15 bits per heavy atom. The highest BCUT2D eigenvalue weighted by Crippen LogP contribution is 2.24. The van der Waals surface area contributed by atoms with E-state index in [0.717, 1.165) is 5.56 Å². The summed E-state index contributed by atoms with van der Waals surface area (Å²) >= 11 is 0. The van der Waals surface area contributed by atoms with Crippen LogP contribution in [0.5, 0.6) is 5.88 Å². The van der Waals surface area contributed by atoms with E-state index in [1.165, 1.54) is 0 Å². The number of rotatable bonds is 1. The van der Waals surface area contributed by atoms with Crippen molar-refractivity contribution in [2.75, 3.05) is 0 Å². The molecule has 0 aliphatic rings. The summed E-state index contributed by atoms with van der Waals surface area (Å²) in [6.07, 6.45) is 0. The molecule has 2 aromatic rings. The Morgan fingerprint density at radius 2 is 1.70 bits per heavy atom. The topological polar surface area (TPSA) is 75.1 Å². The first-order valence-corrected chi connectivity index (χ1v) is 6.06. The summed E-state index contributed by atoms with van der Waals surface area (Å²) in [6, 6.07) is 6.73. The zero-order valence-corrected chi connectivity index (χ0v) is 11.4. The predicted octanol–water partition coefficient (Wildman–Crippen LogP) is 1.67. The molecule has 0 atom stereocenters. The normalized spacial score (nSPS) is 11.6. The van der Waals surface area contributed by atoms with E-state index in [1.54, 1.807) is 24.3 Å². The fraction of sp³-hybridized carbons (Fsp3) is 0.286. The van der Waals surface area contributed by atoms with Gasteiger partial charge in [0.1, 0.15) is 0 Å². The molecular formula is C14H15FN2O3. The average Bonchev–Trinajstić information content (AvgIpc) is 2.36. The van der Waals surface area contributed by atoms with Crippen molar-refractivity contribution < 1.29 is 9.50 Å². The number of halogens is 1. The average molecular weight is 278 g/mol. The van der Waals surface area contributed by atoms with Crippen LogP contribution in [0.4, 0.5) is 4.39 Å². The summed E-state index contributed by atoms with van der Waals surface area (Å²) in [5.41, 5.74) is -0.899. The summed E-state index contributed by atoms with van der Waals surface area (Å²) in [4.78, 5) is 24.5. The highest BCUT2D eigenvalue weighted by Gasteiger charge is 2.17. The minimum Gasteiger partial charge on any atom is -0.492 e. The molecule has 5 nitrogen and oxygen atoms in total. The van der Waals surface area contributed by atoms with Crippen molar-refractivity contribution in [3.8, 4) is 11.6 Å². The van der Waals surface area contributed by atoms with Gasteiger partial charge in [-0.25, -0.2) is 9.36 Å². The number of H-pyrrole nitrogens is 1. The van der Waals surface area contributed by atoms with Crippen LogP contribution in [0.3, 0.4) is 0 Å². The first-order valence-electron chi connectivity index (χ1n) is 6.06. The molecule has 2 N–H and O–H groups in total. The van der Waals surface area contributed by atoms with Crippen molar-refractivity contribution in [3.63, 3.8) is 0 Å². The van der Waals surface area contributed by atoms with Gasteiger partial charge in [0.15, 0.2) is 0 Å². The molecule has 0 unspecified atom stereocenters. The monoisotopic (exact) mass is 278 g/mol. The van der Waals surface area contributed by atoms with E-state index in [4.69, 9.17) is 0 Å². The van der Waals surface area contributed by atoms with E-state index in [1.807, 2.05) is 25.8 Å². The van der Waals surface area contributed by atoms with Gasteiger partial charge in [-0.3, -0.25) is 9.78 Å². The summed E-state index contributed by atoms with van der Waals surface area (Å²) in [5, 5.41) is 9.61. The molecule has 0 saturated carbocycles. The van der Waals surface area contributed by atoms with Gasteiger partial charge in [-0.05, 0) is 23.1 Å². The Bertz CT molecular complexity index is 752. The molecule has 20 heavy (non-hydrogen) atoms. The second kappa shape index (κ2) is 4.63. The van der Waals surface area contributed by atoms with Crippen molar-refractivity contribution >= 4 is 0 Å². The number of hydrogen-bond acceptors (Lipinski definition) is 3. The van der Waals surface area contributed by atoms with Crippen LogP contribution in [0.25, 0.3) is 5.69 Å². The third kappa shape index (κ3) is 2.36. The van der Waals surface area contributed by atoms with Gasteiger partial charge < -0.3 is 5.11 Å². The number of nitrogens with zero attached hydrogens (tertiary/aromatic N) is 1. The fourth-order valence-corrected chi connectivity index (χ4v) is 1.85. The lowest BCUT2D eigenvalue weighted by atomic mass is 9.87. The van der Waals surface area contributed by atoms with Crippen molar-refractivity contribution in [1.82, 2.24) is 9.55 Å². The largest absolute Gasteiger partial charge is 0.492 e. The lowest BCUT2D eigenvalue weighted by molar-refractivity contribution is 0.386. The van der Waals surface area contributed by atoms with Crippen molar-refractivity contribution in [1.29, 1.82) is 0 Å². The minimum atomic E-state index is -1.38. The summed E-state index contributed by atoms with van der Waals surface area (Å²) in [5.74, 6) is -2.38. The van der Waals surface area contributed by atoms with Gasteiger partial charge >= 0.3 is 5.69 Å². The molecule has 2 rings (SSSR count). The lowest BCUT2D eigenvalue weighted by Gasteiger charge is -2.19. The van der Waals surface area contributed by atoms with E-state index in [-0.39, 0.29) is 11.1 Å². The van der Waals surface area contributed by atoms with Crippen molar-refractivity contribution in [2.24, 2.45) is 0 Å². The van der Waals surface area contributed by atoms with Crippen LogP contribution < -0.4 is 11.2 Å². The number of aromatic hydroxyl groups is 1. The molecule has 1 aromatic carbocycles. The third-order valence-corrected chi connectivity index (χ3v) is 3.02. The maximum atomic E-state index is 13.4. The van der Waals surface area contributed by atoms with Crippen LogP contribution in [0.1, 0.15) is 26.3 Å². The van der Waals surface area contributed by atoms with Gasteiger partial charge in [0, 0.05) is 0 Å². The number of aromatic amines is 1. The molecule has 1 aromatic heterocycles. The first-order chi connectivity index (χ1) is 9.21. The van der Waals surface area contributed by atoms with Crippen LogP contribution >= 0.6 is 0 Å². The molecule has 0 spiro atoms. The smallest absolute Gasteiger partial charge is 0.335 e. The molecular weight excluding hydrogens is 263 g/mol. The van der Waals surface area contributed by atoms with Gasteiger partial charge in [0.05, 0.1) is 5.69 Å². The Morgan fingerprint density at radius 3 is 2.20 bits per heavy atom. The molecule has 1 heterocycles. The Labute approximate surface area is 114 Å². The molecule has 0 aliphatic carbocycles. The van der Waals surface area contributed by atoms with Gasteiger partial charge in [-0.15, -0.1) is 0 Å². The predicted molar refractivity (Wildman–Crippen MR) is 73.0 cm³/mol. The standard InChI is InChI=1S/C14H15FN2O3/c1-14(2,3)8-4-6-9(7-5-8)17-12(19)10(15)11(18)16-13(17)20/h4-7,19H,1-3H3,(H,16,18,20). The van der Waals surface area contributed by atoms with Crippen LogP contribution in [-0.4, -0.2) is 14.7 Å². The summed E-state index contributed by atoms with van der Waals surface area (Å²) < 4.78 is 14.1. The fourth-order valence-electron chi connectivity index (χ4n) is 1.85. The molecule has 6 heteroatoms. The minimum absolute atomic E-state index is 0.0677. The molecule has 0 aliphatic heterocycles. The number of aromatic nitrogens is 2. The molecule has 0 fully saturated rings. The zero-order chi connectivity index (χ0) is 15.1. The van der Waals surface area contributed by atoms with Crippen molar-refractivity contribution in [3.05, 3.63) is 56.5 Å². The maximum Gasteiger partial charge on any atom is 0.335 e. The van der Waals surface area contributed by atoms with Crippen molar-refractivity contribution in [2.45, 2.75) is 26.2 Å². The quantitative estimate of drug-likeness (QED) is 0.833. The number of benzene rings is 1. The zero-order valence-electron chi connectivity index (χ0n) is 11.4. The molecule has 0 amide bonds. The lowest BCUT2D eigenvalue weighted by Crippen LogP contribution is -2.30. The SMILES string of the molecule is CC(C)(C)c1ccc(-n2c(O)c(F)c(=O)[nH]c2=O)cc1. The highest BCUT2D eigenvalue weighted by atomic mass is 19.1. The van der Waals surface area contributed by atoms with Gasteiger partial charge in [-0.1, -0.05) is 32.9 Å². The second-order valence-electron chi connectivity index (χ2n) is 5.53. The molecule has 0 bridgehead atoms. The first kappa shape index (κ1) is 14.0. The van der Waals surface area contributed by atoms with Crippen LogP contribution in [0.15, 0.2) is 33.9 Å². The Kier molecular flexibility index (Phi) is 3.25. The van der Waals surface area contributed by atoms with Crippen LogP contribution in [-0.2, 0) is 5.41 Å². The highest BCUT2D eigenvalue weighted by molar-refractivity contribution is 5.39. The third-order valence-electron chi connectivity index (χ3n) is 3.02. The number of hydrogen-bond donors (Lipinski definition) is 2. The number of nitrogens with one attached hydrogen (secondary N) is 1. The van der Waals surface area contributed by atoms with Gasteiger partial charge in [0.2, 0.25) is 11.7 Å². The maximum absolute atomic E-state index is 13.4.